The minimum absolute atomic E-state index is 0.0347. The number of nitrogens with zero attached hydrogens (tertiary/aromatic N) is 1. The Kier molecular flexibility index (Phi) is 5.81. The summed E-state index contributed by atoms with van der Waals surface area (Å²) in [6.07, 6.45) is 2.41. The smallest absolute Gasteiger partial charge is 0.238 e. The van der Waals surface area contributed by atoms with E-state index in [0.717, 1.165) is 17.2 Å². The lowest BCUT2D eigenvalue weighted by molar-refractivity contribution is -0.123. The Morgan fingerprint density at radius 1 is 1.20 bits per heavy atom. The van der Waals surface area contributed by atoms with Gasteiger partial charge in [-0.05, 0) is 42.8 Å². The fraction of sp³-hybridized carbons (Fsp3) is 0.333. The Balaban J connectivity index is 1.38. The van der Waals surface area contributed by atoms with Crippen LogP contribution in [-0.2, 0) is 4.79 Å². The molecular formula is C18H22N4O3. The van der Waals surface area contributed by atoms with Gasteiger partial charge in [0.25, 0.3) is 0 Å². The molecule has 2 heterocycles. The van der Waals surface area contributed by atoms with Gasteiger partial charge in [-0.3, -0.25) is 9.78 Å². The summed E-state index contributed by atoms with van der Waals surface area (Å²) in [7, 11) is 1.62. The zero-order chi connectivity index (χ0) is 17.5. The van der Waals surface area contributed by atoms with Gasteiger partial charge in [-0.15, -0.1) is 0 Å². The topological polar surface area (TPSA) is 84.5 Å². The molecule has 1 aromatic carbocycles. The number of hydrogen-bond acceptors (Lipinski definition) is 6. The lowest BCUT2D eigenvalue weighted by Crippen LogP contribution is -2.44. The Labute approximate surface area is 146 Å². The second-order valence-electron chi connectivity index (χ2n) is 5.70. The molecule has 1 amide bonds. The zero-order valence-corrected chi connectivity index (χ0v) is 14.1. The lowest BCUT2D eigenvalue weighted by Gasteiger charge is -2.11. The van der Waals surface area contributed by atoms with E-state index in [2.05, 4.69) is 21.2 Å². The summed E-state index contributed by atoms with van der Waals surface area (Å²) < 4.78 is 10.7. The summed E-state index contributed by atoms with van der Waals surface area (Å²) in [5.41, 5.74) is 7.06. The maximum Gasteiger partial charge on any atom is 0.238 e. The average molecular weight is 342 g/mol. The molecule has 25 heavy (non-hydrogen) atoms. The monoisotopic (exact) mass is 342 g/mol. The highest BCUT2D eigenvalue weighted by atomic mass is 16.5. The van der Waals surface area contributed by atoms with E-state index in [-0.39, 0.29) is 18.0 Å². The van der Waals surface area contributed by atoms with Crippen molar-refractivity contribution in [2.45, 2.75) is 18.5 Å². The number of hydrogen-bond donors (Lipinski definition) is 3. The molecule has 132 valence electrons. The Morgan fingerprint density at radius 2 is 2.00 bits per heavy atom. The van der Waals surface area contributed by atoms with E-state index in [1.165, 1.54) is 0 Å². The van der Waals surface area contributed by atoms with Crippen LogP contribution in [0.3, 0.4) is 0 Å². The highest BCUT2D eigenvalue weighted by molar-refractivity contribution is 5.82. The van der Waals surface area contributed by atoms with E-state index in [1.807, 2.05) is 42.5 Å². The molecule has 0 aliphatic carbocycles. The van der Waals surface area contributed by atoms with E-state index in [4.69, 9.17) is 9.47 Å². The van der Waals surface area contributed by atoms with Crippen molar-refractivity contribution in [2.24, 2.45) is 0 Å². The SMILES string of the molecule is COc1ccc(OCCNC(=O)C2CC(c3ccccn3)NN2)cc1. The van der Waals surface area contributed by atoms with Gasteiger partial charge >= 0.3 is 0 Å². The fourth-order valence-electron chi connectivity index (χ4n) is 2.64. The number of benzene rings is 1. The number of amides is 1. The van der Waals surface area contributed by atoms with Gasteiger partial charge in [-0.1, -0.05) is 6.07 Å². The molecule has 7 heteroatoms. The summed E-state index contributed by atoms with van der Waals surface area (Å²) in [4.78, 5) is 16.5. The first-order chi connectivity index (χ1) is 12.3. The molecule has 2 aromatic rings. The highest BCUT2D eigenvalue weighted by Gasteiger charge is 2.30. The lowest BCUT2D eigenvalue weighted by atomic mass is 10.1. The Hall–Kier alpha value is -2.64. The van der Waals surface area contributed by atoms with Crippen molar-refractivity contribution in [3.8, 4) is 11.5 Å². The predicted molar refractivity (Wildman–Crippen MR) is 93.2 cm³/mol. The second-order valence-corrected chi connectivity index (χ2v) is 5.70. The molecule has 0 bridgehead atoms. The van der Waals surface area contributed by atoms with Gasteiger partial charge in [0.2, 0.25) is 5.91 Å². The van der Waals surface area contributed by atoms with Crippen LogP contribution >= 0.6 is 0 Å². The molecule has 1 fully saturated rings. The maximum atomic E-state index is 12.2. The van der Waals surface area contributed by atoms with Crippen LogP contribution in [0.1, 0.15) is 18.2 Å². The summed E-state index contributed by atoms with van der Waals surface area (Å²) in [5.74, 6) is 1.47. The number of rotatable bonds is 7. The first-order valence-electron chi connectivity index (χ1n) is 8.23. The molecule has 0 spiro atoms. The summed E-state index contributed by atoms with van der Waals surface area (Å²) >= 11 is 0. The number of nitrogens with one attached hydrogen (secondary N) is 3. The number of methoxy groups -OCH3 is 1. The van der Waals surface area contributed by atoms with Crippen LogP contribution in [-0.4, -0.2) is 37.2 Å². The predicted octanol–water partition coefficient (Wildman–Crippen LogP) is 1.19. The van der Waals surface area contributed by atoms with Crippen molar-refractivity contribution in [1.29, 1.82) is 0 Å². The minimum atomic E-state index is -0.284. The number of carbonyl (C=O) groups excluding carboxylic acids is 1. The van der Waals surface area contributed by atoms with Gasteiger partial charge in [0, 0.05) is 6.20 Å². The fourth-order valence-corrected chi connectivity index (χ4v) is 2.64. The van der Waals surface area contributed by atoms with Crippen LogP contribution in [0.4, 0.5) is 0 Å². The molecule has 1 aliphatic heterocycles. The average Bonchev–Trinajstić information content (AvgIpc) is 3.16. The third-order valence-corrected chi connectivity index (χ3v) is 3.99. The van der Waals surface area contributed by atoms with E-state index in [9.17, 15) is 4.79 Å². The third kappa shape index (κ3) is 4.68. The number of aromatic nitrogens is 1. The maximum absolute atomic E-state index is 12.2. The van der Waals surface area contributed by atoms with Crippen molar-refractivity contribution < 1.29 is 14.3 Å². The van der Waals surface area contributed by atoms with Crippen LogP contribution in [0, 0.1) is 0 Å². The van der Waals surface area contributed by atoms with Gasteiger partial charge in [0.05, 0.1) is 25.4 Å². The zero-order valence-electron chi connectivity index (χ0n) is 14.1. The summed E-state index contributed by atoms with van der Waals surface area (Å²) in [6.45, 7) is 0.846. The van der Waals surface area contributed by atoms with Gasteiger partial charge in [-0.25, -0.2) is 10.9 Å². The van der Waals surface area contributed by atoms with Gasteiger partial charge < -0.3 is 14.8 Å². The van der Waals surface area contributed by atoms with Gasteiger partial charge in [-0.2, -0.15) is 0 Å². The normalized spacial score (nSPS) is 19.4. The molecule has 0 radical (unpaired) electrons. The number of carbonyl (C=O) groups is 1. The number of pyridine rings is 1. The molecule has 0 saturated carbocycles. The van der Waals surface area contributed by atoms with Crippen LogP contribution < -0.4 is 25.6 Å². The molecule has 1 aromatic heterocycles. The van der Waals surface area contributed by atoms with Crippen molar-refractivity contribution >= 4 is 5.91 Å². The largest absolute Gasteiger partial charge is 0.497 e. The van der Waals surface area contributed by atoms with Crippen LogP contribution in [0.5, 0.6) is 11.5 Å². The Bertz CT molecular complexity index is 678. The first kappa shape index (κ1) is 17.2. The van der Waals surface area contributed by atoms with Gasteiger partial charge in [0.15, 0.2) is 0 Å². The van der Waals surface area contributed by atoms with Crippen LogP contribution in [0.25, 0.3) is 0 Å². The summed E-state index contributed by atoms with van der Waals surface area (Å²) in [5, 5.41) is 2.88. The molecule has 2 unspecified atom stereocenters. The van der Waals surface area contributed by atoms with E-state index < -0.39 is 0 Å². The molecule has 2 atom stereocenters. The summed E-state index contributed by atoms with van der Waals surface area (Å²) in [6, 6.07) is 12.8. The molecular weight excluding hydrogens is 320 g/mol. The van der Waals surface area contributed by atoms with Crippen molar-refractivity contribution in [3.63, 3.8) is 0 Å². The van der Waals surface area contributed by atoms with Crippen LogP contribution in [0.2, 0.25) is 0 Å². The first-order valence-corrected chi connectivity index (χ1v) is 8.23. The van der Waals surface area contributed by atoms with E-state index in [1.54, 1.807) is 13.3 Å². The number of ether oxygens (including phenoxy) is 2. The second kappa shape index (κ2) is 8.46. The molecule has 3 N–H and O–H groups in total. The van der Waals surface area contributed by atoms with Gasteiger partial charge in [0.1, 0.15) is 24.1 Å². The van der Waals surface area contributed by atoms with Crippen LogP contribution in [0.15, 0.2) is 48.7 Å². The van der Waals surface area contributed by atoms with E-state index in [0.29, 0.717) is 19.6 Å². The Morgan fingerprint density at radius 3 is 2.72 bits per heavy atom. The molecule has 3 rings (SSSR count). The van der Waals surface area contributed by atoms with Crippen molar-refractivity contribution in [3.05, 3.63) is 54.4 Å². The minimum Gasteiger partial charge on any atom is -0.497 e. The van der Waals surface area contributed by atoms with Crippen molar-refractivity contribution in [2.75, 3.05) is 20.3 Å². The molecule has 1 aliphatic rings. The molecule has 1 saturated heterocycles. The quantitative estimate of drug-likeness (QED) is 0.656. The van der Waals surface area contributed by atoms with E-state index >= 15 is 0 Å². The highest BCUT2D eigenvalue weighted by Crippen LogP contribution is 2.20. The molecule has 7 nitrogen and oxygen atoms in total. The third-order valence-electron chi connectivity index (χ3n) is 3.99. The van der Waals surface area contributed by atoms with Crippen molar-refractivity contribution in [1.82, 2.24) is 21.2 Å². The standard InChI is InChI=1S/C18H22N4O3/c1-24-13-5-7-14(8-6-13)25-11-10-20-18(23)17-12-16(21-22-17)15-4-2-3-9-19-15/h2-9,16-17,21-22H,10-12H2,1H3,(H,20,23). The number of hydrazine groups is 1.